The molecule has 5 nitrogen and oxygen atoms in total. The van der Waals surface area contributed by atoms with Gasteiger partial charge in [-0.25, -0.2) is 9.13 Å². The zero-order chi connectivity index (χ0) is 14.2. The van der Waals surface area contributed by atoms with E-state index in [0.29, 0.717) is 5.56 Å². The summed E-state index contributed by atoms with van der Waals surface area (Å²) in [5, 5.41) is 20.3. The number of aromatic nitrogens is 2. The van der Waals surface area contributed by atoms with E-state index in [-0.39, 0.29) is 0 Å². The molecule has 2 heterocycles. The van der Waals surface area contributed by atoms with E-state index in [2.05, 4.69) is 20.4 Å². The predicted octanol–water partition coefficient (Wildman–Crippen LogP) is 1.03. The minimum absolute atomic E-state index is 0.673. The third-order valence-corrected chi connectivity index (χ3v) is 2.94. The standard InChI is InChI=1S/C15H15N4O/c16-11-14-4-9-18(10-5-14)7-2-8-19-6-1-3-15(13-19)12-17-20/h1,3-6,9-10,12-13H,2,7-8H2/q+1/p+1/b17-12-. The molecular formula is C15H16N4O+2. The van der Waals surface area contributed by atoms with Gasteiger partial charge in [-0.05, 0) is 6.07 Å². The van der Waals surface area contributed by atoms with Gasteiger partial charge in [0.25, 0.3) is 0 Å². The van der Waals surface area contributed by atoms with Crippen LogP contribution in [0.1, 0.15) is 17.5 Å². The summed E-state index contributed by atoms with van der Waals surface area (Å²) in [5.41, 5.74) is 1.53. The molecule has 0 atom stereocenters. The Morgan fingerprint density at radius 3 is 2.60 bits per heavy atom. The van der Waals surface area contributed by atoms with Crippen molar-refractivity contribution in [3.63, 3.8) is 0 Å². The fourth-order valence-corrected chi connectivity index (χ4v) is 1.94. The van der Waals surface area contributed by atoms with Crippen molar-refractivity contribution in [2.45, 2.75) is 19.5 Å². The van der Waals surface area contributed by atoms with Gasteiger partial charge in [-0.1, -0.05) is 5.16 Å². The van der Waals surface area contributed by atoms with Crippen LogP contribution in [0.2, 0.25) is 0 Å². The molecule has 2 aromatic rings. The van der Waals surface area contributed by atoms with Gasteiger partial charge in [0.05, 0.1) is 29.8 Å². The lowest BCUT2D eigenvalue weighted by molar-refractivity contribution is -0.726. The lowest BCUT2D eigenvalue weighted by Gasteiger charge is -1.97. The largest absolute Gasteiger partial charge is 0.411 e. The maximum Gasteiger partial charge on any atom is 0.177 e. The lowest BCUT2D eigenvalue weighted by atomic mass is 10.3. The van der Waals surface area contributed by atoms with Gasteiger partial charge in [-0.2, -0.15) is 5.26 Å². The first-order chi connectivity index (χ1) is 9.81. The normalized spacial score (nSPS) is 10.6. The van der Waals surface area contributed by atoms with Crippen LogP contribution in [0.3, 0.4) is 0 Å². The highest BCUT2D eigenvalue weighted by molar-refractivity contribution is 5.77. The number of pyridine rings is 2. The third-order valence-electron chi connectivity index (χ3n) is 2.94. The molecule has 20 heavy (non-hydrogen) atoms. The molecule has 2 aromatic heterocycles. The van der Waals surface area contributed by atoms with Crippen LogP contribution in [0.15, 0.2) is 54.2 Å². The van der Waals surface area contributed by atoms with E-state index >= 15 is 0 Å². The van der Waals surface area contributed by atoms with Crippen molar-refractivity contribution >= 4 is 6.21 Å². The number of oxime groups is 1. The average Bonchev–Trinajstić information content (AvgIpc) is 2.49. The first-order valence-corrected chi connectivity index (χ1v) is 6.37. The summed E-state index contributed by atoms with van der Waals surface area (Å²) in [6.07, 6.45) is 10.1. The fraction of sp³-hybridized carbons (Fsp3) is 0.200. The molecule has 0 aromatic carbocycles. The topological polar surface area (TPSA) is 64.1 Å². The highest BCUT2D eigenvalue weighted by Gasteiger charge is 2.05. The molecule has 0 radical (unpaired) electrons. The van der Waals surface area contributed by atoms with E-state index < -0.39 is 0 Å². The summed E-state index contributed by atoms with van der Waals surface area (Å²) < 4.78 is 4.11. The quantitative estimate of drug-likeness (QED) is 0.381. The number of hydrogen-bond donors (Lipinski definition) is 1. The molecule has 5 heteroatoms. The van der Waals surface area contributed by atoms with E-state index in [1.54, 1.807) is 0 Å². The number of rotatable bonds is 5. The second kappa shape index (κ2) is 7.00. The molecule has 0 fully saturated rings. The van der Waals surface area contributed by atoms with Crippen LogP contribution in [-0.4, -0.2) is 11.4 Å². The van der Waals surface area contributed by atoms with Crippen molar-refractivity contribution in [1.82, 2.24) is 0 Å². The molecule has 0 aliphatic carbocycles. The number of hydrogen-bond acceptors (Lipinski definition) is 3. The van der Waals surface area contributed by atoms with Crippen LogP contribution in [0.25, 0.3) is 0 Å². The summed E-state index contributed by atoms with van der Waals surface area (Å²) >= 11 is 0. The summed E-state index contributed by atoms with van der Waals surface area (Å²) in [5.74, 6) is 0. The van der Waals surface area contributed by atoms with Crippen LogP contribution in [-0.2, 0) is 13.1 Å². The molecular weight excluding hydrogens is 252 g/mol. The Bertz CT molecular complexity index is 629. The summed E-state index contributed by atoms with van der Waals surface area (Å²) in [4.78, 5) is 0. The molecule has 0 bridgehead atoms. The van der Waals surface area contributed by atoms with Crippen LogP contribution in [0.4, 0.5) is 0 Å². The van der Waals surface area contributed by atoms with Gasteiger partial charge in [0.2, 0.25) is 0 Å². The summed E-state index contributed by atoms with van der Waals surface area (Å²) in [6.45, 7) is 1.76. The molecule has 0 aliphatic heterocycles. The smallest absolute Gasteiger partial charge is 0.177 e. The van der Waals surface area contributed by atoms with E-state index in [4.69, 9.17) is 10.5 Å². The Morgan fingerprint density at radius 2 is 1.90 bits per heavy atom. The maximum absolute atomic E-state index is 8.73. The number of nitrogens with zero attached hydrogens (tertiary/aromatic N) is 4. The average molecular weight is 268 g/mol. The molecule has 0 spiro atoms. The Balaban J connectivity index is 1.89. The molecule has 0 unspecified atom stereocenters. The fourth-order valence-electron chi connectivity index (χ4n) is 1.94. The molecule has 1 N–H and O–H groups in total. The second-order valence-corrected chi connectivity index (χ2v) is 4.41. The molecule has 2 rings (SSSR count). The molecule has 0 saturated heterocycles. The Kier molecular flexibility index (Phi) is 4.79. The third kappa shape index (κ3) is 3.89. The molecule has 0 saturated carbocycles. The minimum Gasteiger partial charge on any atom is -0.411 e. The first-order valence-electron chi connectivity index (χ1n) is 6.37. The van der Waals surface area contributed by atoms with Crippen LogP contribution < -0.4 is 9.13 Å². The highest BCUT2D eigenvalue weighted by Crippen LogP contribution is 1.93. The van der Waals surface area contributed by atoms with Crippen molar-refractivity contribution in [1.29, 1.82) is 5.26 Å². The van der Waals surface area contributed by atoms with E-state index in [9.17, 15) is 0 Å². The zero-order valence-corrected chi connectivity index (χ0v) is 11.1. The van der Waals surface area contributed by atoms with Crippen molar-refractivity contribution in [3.8, 4) is 6.07 Å². The van der Waals surface area contributed by atoms with E-state index in [1.807, 2.05) is 49.1 Å². The Labute approximate surface area is 117 Å². The zero-order valence-electron chi connectivity index (χ0n) is 11.1. The van der Waals surface area contributed by atoms with Gasteiger partial charge < -0.3 is 5.21 Å². The minimum atomic E-state index is 0.673. The van der Waals surface area contributed by atoms with Gasteiger partial charge >= 0.3 is 0 Å². The first kappa shape index (κ1) is 13.7. The Hall–Kier alpha value is -2.74. The van der Waals surface area contributed by atoms with Gasteiger partial charge in [-0.3, -0.25) is 0 Å². The van der Waals surface area contributed by atoms with Gasteiger partial charge in [0.15, 0.2) is 37.9 Å². The lowest BCUT2D eigenvalue weighted by Crippen LogP contribution is -2.38. The number of nitriles is 1. The highest BCUT2D eigenvalue weighted by atomic mass is 16.4. The van der Waals surface area contributed by atoms with Gasteiger partial charge in [0.1, 0.15) is 0 Å². The van der Waals surface area contributed by atoms with Crippen molar-refractivity contribution < 1.29 is 14.3 Å². The van der Waals surface area contributed by atoms with Gasteiger partial charge in [-0.15, -0.1) is 0 Å². The van der Waals surface area contributed by atoms with E-state index in [1.165, 1.54) is 6.21 Å². The predicted molar refractivity (Wildman–Crippen MR) is 72.0 cm³/mol. The molecule has 0 aliphatic rings. The van der Waals surface area contributed by atoms with Crippen LogP contribution in [0, 0.1) is 11.3 Å². The molecule has 0 amide bonds. The SMILES string of the molecule is N#Cc1cc[n+](CCC[n+]2cccc(/C=N\O)c2)cc1. The van der Waals surface area contributed by atoms with Crippen LogP contribution >= 0.6 is 0 Å². The maximum atomic E-state index is 8.73. The van der Waals surface area contributed by atoms with Crippen molar-refractivity contribution in [3.05, 3.63) is 60.2 Å². The van der Waals surface area contributed by atoms with Crippen molar-refractivity contribution in [2.24, 2.45) is 5.16 Å². The summed E-state index contributed by atoms with van der Waals surface area (Å²) in [7, 11) is 0. The van der Waals surface area contributed by atoms with Crippen molar-refractivity contribution in [2.75, 3.05) is 0 Å². The van der Waals surface area contributed by atoms with E-state index in [0.717, 1.165) is 25.1 Å². The van der Waals surface area contributed by atoms with Gasteiger partial charge in [0, 0.05) is 18.2 Å². The number of aryl methyl sites for hydroxylation is 2. The molecule has 100 valence electrons. The van der Waals surface area contributed by atoms with Crippen LogP contribution in [0.5, 0.6) is 0 Å². The monoisotopic (exact) mass is 268 g/mol. The second-order valence-electron chi connectivity index (χ2n) is 4.41. The summed E-state index contributed by atoms with van der Waals surface area (Å²) in [6, 6.07) is 9.53. The Morgan fingerprint density at radius 1 is 1.15 bits per heavy atom.